The van der Waals surface area contributed by atoms with Gasteiger partial charge in [-0.15, -0.1) is 0 Å². The van der Waals surface area contributed by atoms with Crippen molar-refractivity contribution < 1.29 is 19.1 Å². The molecule has 0 bridgehead atoms. The van der Waals surface area contributed by atoms with Crippen LogP contribution >= 0.6 is 0 Å². The van der Waals surface area contributed by atoms with Crippen molar-refractivity contribution >= 4 is 17.8 Å². The van der Waals surface area contributed by atoms with Crippen molar-refractivity contribution in [3.8, 4) is 5.75 Å². The molecule has 1 aliphatic carbocycles. The molecule has 1 saturated carbocycles. The summed E-state index contributed by atoms with van der Waals surface area (Å²) < 4.78 is 11.5. The molecule has 1 unspecified atom stereocenters. The van der Waals surface area contributed by atoms with Crippen LogP contribution < -0.4 is 15.4 Å². The Balaban J connectivity index is 1.50. The van der Waals surface area contributed by atoms with E-state index in [1.54, 1.807) is 12.0 Å². The van der Waals surface area contributed by atoms with E-state index in [1.807, 2.05) is 27.7 Å². The van der Waals surface area contributed by atoms with Crippen LogP contribution in [0.25, 0.3) is 0 Å². The second kappa shape index (κ2) is 9.12. The zero-order valence-corrected chi connectivity index (χ0v) is 22.1. The molecule has 3 aliphatic rings. The lowest BCUT2D eigenvalue weighted by Crippen LogP contribution is -2.63. The minimum absolute atomic E-state index is 0.00420. The summed E-state index contributed by atoms with van der Waals surface area (Å²) in [6, 6.07) is 3.82. The number of carbonyl (C=O) groups is 2. The van der Waals surface area contributed by atoms with Gasteiger partial charge in [-0.2, -0.15) is 0 Å². The number of methoxy groups -OCH3 is 1. The number of amides is 2. The van der Waals surface area contributed by atoms with Crippen LogP contribution in [0.2, 0.25) is 0 Å². The van der Waals surface area contributed by atoms with Gasteiger partial charge in [-0.3, -0.25) is 19.9 Å². The fourth-order valence-corrected chi connectivity index (χ4v) is 5.60. The molecule has 1 saturated heterocycles. The van der Waals surface area contributed by atoms with Gasteiger partial charge in [0.1, 0.15) is 11.4 Å². The summed E-state index contributed by atoms with van der Waals surface area (Å²) in [5, 5.41) is 14.9. The first-order valence-corrected chi connectivity index (χ1v) is 12.6. The zero-order valence-electron chi connectivity index (χ0n) is 22.1. The third kappa shape index (κ3) is 5.32. The number of hydrogen-bond acceptors (Lipinski definition) is 5. The van der Waals surface area contributed by atoms with E-state index < -0.39 is 5.54 Å². The maximum atomic E-state index is 13.4. The number of aryl methyl sites for hydroxylation is 2. The molecule has 35 heavy (non-hydrogen) atoms. The SMILES string of the molecule is COCC[C@H](C1C[C@H]1C(=O)N[C@H]1CC(C)(C)Oc2cc(C)c(C)cc21)N1C(=N)NC(C)(C)CC1=O. The van der Waals surface area contributed by atoms with Gasteiger partial charge in [-0.1, -0.05) is 6.07 Å². The van der Waals surface area contributed by atoms with E-state index in [0.29, 0.717) is 32.3 Å². The Morgan fingerprint density at radius 3 is 2.63 bits per heavy atom. The smallest absolute Gasteiger partial charge is 0.231 e. The van der Waals surface area contributed by atoms with Gasteiger partial charge in [0.15, 0.2) is 5.96 Å². The van der Waals surface area contributed by atoms with E-state index in [2.05, 4.69) is 36.6 Å². The standard InChI is InChI=1S/C27H40N4O4/c1-15-10-19-20(13-27(5,6)35-22(19)11-16(15)2)29-24(33)18-12-17(18)21(8-9-34-7)31-23(32)14-26(3,4)30-25(31)28/h10-11,17-18,20-21H,8-9,12-14H2,1-7H3,(H2,28,30)(H,29,33)/t17?,18-,20+,21-/m1/s1. The highest BCUT2D eigenvalue weighted by molar-refractivity contribution is 5.99. The Hall–Kier alpha value is -2.61. The van der Waals surface area contributed by atoms with Gasteiger partial charge < -0.3 is 20.1 Å². The number of hydrogen-bond donors (Lipinski definition) is 3. The number of benzene rings is 1. The van der Waals surface area contributed by atoms with Crippen LogP contribution in [-0.4, -0.2) is 53.6 Å². The van der Waals surface area contributed by atoms with Crippen LogP contribution in [0.5, 0.6) is 5.75 Å². The topological polar surface area (TPSA) is 104 Å². The van der Waals surface area contributed by atoms with Gasteiger partial charge >= 0.3 is 0 Å². The van der Waals surface area contributed by atoms with E-state index >= 15 is 0 Å². The Kier molecular flexibility index (Phi) is 6.64. The number of nitrogens with zero attached hydrogens (tertiary/aromatic N) is 1. The summed E-state index contributed by atoms with van der Waals surface area (Å²) in [6.07, 6.45) is 2.29. The average molecular weight is 485 g/mol. The molecule has 3 N–H and O–H groups in total. The van der Waals surface area contributed by atoms with Crippen molar-refractivity contribution in [2.75, 3.05) is 13.7 Å². The first-order chi connectivity index (χ1) is 16.3. The van der Waals surface area contributed by atoms with Crippen molar-refractivity contribution in [3.63, 3.8) is 0 Å². The highest BCUT2D eigenvalue weighted by Gasteiger charge is 2.53. The monoisotopic (exact) mass is 484 g/mol. The van der Waals surface area contributed by atoms with E-state index in [-0.39, 0.29) is 47.3 Å². The molecule has 0 aromatic heterocycles. The van der Waals surface area contributed by atoms with Crippen LogP contribution in [0.15, 0.2) is 12.1 Å². The highest BCUT2D eigenvalue weighted by Crippen LogP contribution is 2.47. The normalized spacial score (nSPS) is 27.4. The van der Waals surface area contributed by atoms with Crippen molar-refractivity contribution in [1.82, 2.24) is 15.5 Å². The van der Waals surface area contributed by atoms with Crippen LogP contribution in [-0.2, 0) is 14.3 Å². The van der Waals surface area contributed by atoms with Crippen LogP contribution in [0.3, 0.4) is 0 Å². The van der Waals surface area contributed by atoms with Crippen LogP contribution in [0, 0.1) is 31.1 Å². The maximum absolute atomic E-state index is 13.4. The summed E-state index contributed by atoms with van der Waals surface area (Å²) in [6.45, 7) is 12.6. The fourth-order valence-electron chi connectivity index (χ4n) is 5.60. The van der Waals surface area contributed by atoms with Gasteiger partial charge in [-0.05, 0) is 77.5 Å². The highest BCUT2D eigenvalue weighted by atomic mass is 16.5. The number of ether oxygens (including phenoxy) is 2. The number of nitrogens with one attached hydrogen (secondary N) is 3. The minimum Gasteiger partial charge on any atom is -0.487 e. The van der Waals surface area contributed by atoms with E-state index in [4.69, 9.17) is 14.9 Å². The predicted molar refractivity (Wildman–Crippen MR) is 134 cm³/mol. The fraction of sp³-hybridized carbons (Fsp3) is 0.667. The molecule has 1 aromatic rings. The number of fused-ring (bicyclic) bond motifs is 1. The molecule has 1 aromatic carbocycles. The zero-order chi connectivity index (χ0) is 25.7. The summed E-state index contributed by atoms with van der Waals surface area (Å²) >= 11 is 0. The molecule has 4 atom stereocenters. The van der Waals surface area contributed by atoms with Gasteiger partial charge in [0.05, 0.1) is 6.04 Å². The first-order valence-electron chi connectivity index (χ1n) is 12.6. The Labute approximate surface area is 208 Å². The molecule has 0 spiro atoms. The molecule has 4 rings (SSSR count). The van der Waals surface area contributed by atoms with Crippen molar-refractivity contribution in [2.45, 2.75) is 90.4 Å². The largest absolute Gasteiger partial charge is 0.487 e. The van der Waals surface area contributed by atoms with Gasteiger partial charge in [0, 0.05) is 49.6 Å². The third-order valence-electron chi connectivity index (χ3n) is 7.58. The number of carbonyl (C=O) groups excluding carboxylic acids is 2. The van der Waals surface area contributed by atoms with Crippen molar-refractivity contribution in [3.05, 3.63) is 28.8 Å². The second-order valence-electron chi connectivity index (χ2n) is 11.8. The molecule has 2 fully saturated rings. The summed E-state index contributed by atoms with van der Waals surface area (Å²) in [4.78, 5) is 28.0. The molecular weight excluding hydrogens is 444 g/mol. The molecule has 2 amide bonds. The molecular formula is C27H40N4O4. The van der Waals surface area contributed by atoms with Gasteiger partial charge in [-0.25, -0.2) is 0 Å². The molecule has 8 heteroatoms. The van der Waals surface area contributed by atoms with Gasteiger partial charge in [0.25, 0.3) is 0 Å². The van der Waals surface area contributed by atoms with Crippen LogP contribution in [0.4, 0.5) is 0 Å². The second-order valence-corrected chi connectivity index (χ2v) is 11.8. The lowest BCUT2D eigenvalue weighted by molar-refractivity contribution is -0.133. The third-order valence-corrected chi connectivity index (χ3v) is 7.58. The predicted octanol–water partition coefficient (Wildman–Crippen LogP) is 3.60. The van der Waals surface area contributed by atoms with Crippen molar-refractivity contribution in [1.29, 1.82) is 5.41 Å². The number of rotatable bonds is 7. The van der Waals surface area contributed by atoms with E-state index in [1.165, 1.54) is 11.1 Å². The van der Waals surface area contributed by atoms with E-state index in [9.17, 15) is 9.59 Å². The molecule has 8 nitrogen and oxygen atoms in total. The minimum atomic E-state index is -0.448. The summed E-state index contributed by atoms with van der Waals surface area (Å²) in [5.41, 5.74) is 2.53. The summed E-state index contributed by atoms with van der Waals surface area (Å²) in [5.74, 6) is 0.702. The quantitative estimate of drug-likeness (QED) is 0.549. The van der Waals surface area contributed by atoms with E-state index in [0.717, 1.165) is 11.3 Å². The maximum Gasteiger partial charge on any atom is 0.231 e. The first kappa shape index (κ1) is 25.5. The van der Waals surface area contributed by atoms with Crippen LogP contribution in [0.1, 0.15) is 76.1 Å². The Bertz CT molecular complexity index is 1010. The average Bonchev–Trinajstić information content (AvgIpc) is 3.51. The molecule has 2 aliphatic heterocycles. The van der Waals surface area contributed by atoms with Gasteiger partial charge in [0.2, 0.25) is 11.8 Å². The molecule has 2 heterocycles. The molecule has 192 valence electrons. The number of guanidine groups is 1. The molecule has 0 radical (unpaired) electrons. The lowest BCUT2D eigenvalue weighted by Gasteiger charge is -2.42. The summed E-state index contributed by atoms with van der Waals surface area (Å²) in [7, 11) is 1.63. The Morgan fingerprint density at radius 2 is 1.97 bits per heavy atom. The lowest BCUT2D eigenvalue weighted by atomic mass is 9.88. The van der Waals surface area contributed by atoms with Crippen molar-refractivity contribution in [2.24, 2.45) is 11.8 Å². The Morgan fingerprint density at radius 1 is 1.29 bits per heavy atom.